The summed E-state index contributed by atoms with van der Waals surface area (Å²) < 4.78 is 13.5. The monoisotopic (exact) mass is 280 g/mol. The highest BCUT2D eigenvalue weighted by molar-refractivity contribution is 5.85. The van der Waals surface area contributed by atoms with Crippen LogP contribution in [0.4, 0.5) is 10.1 Å². The Kier molecular flexibility index (Phi) is 3.97. The topological polar surface area (TPSA) is 63.8 Å². The summed E-state index contributed by atoms with van der Waals surface area (Å²) in [5.41, 5.74) is 8.00. The molecule has 6 heteroatoms. The van der Waals surface area contributed by atoms with Crippen molar-refractivity contribution in [3.63, 3.8) is 0 Å². The predicted molar refractivity (Wildman–Crippen MR) is 74.7 cm³/mol. The summed E-state index contributed by atoms with van der Waals surface area (Å²) in [6, 6.07) is 4.75. The molecule has 4 nitrogen and oxygen atoms in total. The largest absolute Gasteiger partial charge is 0.396 e. The number of nitrogens with two attached hydrogens (primary N) is 1. The first-order valence-electron chi connectivity index (χ1n) is 5.82. The van der Waals surface area contributed by atoms with Crippen molar-refractivity contribution in [3.05, 3.63) is 42.1 Å². The Morgan fingerprint density at radius 3 is 2.58 bits per heavy atom. The smallest absolute Gasteiger partial charge is 0.146 e. The molecule has 1 fully saturated rings. The molecule has 0 unspecified atom stereocenters. The third-order valence-corrected chi connectivity index (χ3v) is 3.17. The van der Waals surface area contributed by atoms with Gasteiger partial charge in [0.05, 0.1) is 17.1 Å². The van der Waals surface area contributed by atoms with E-state index >= 15 is 0 Å². The van der Waals surface area contributed by atoms with Crippen molar-refractivity contribution in [3.8, 4) is 11.3 Å². The van der Waals surface area contributed by atoms with Crippen LogP contribution in [0.25, 0.3) is 11.3 Å². The summed E-state index contributed by atoms with van der Waals surface area (Å²) in [4.78, 5) is 8.70. The maximum atomic E-state index is 13.5. The SMILES string of the molecule is Cl.Nc1ccc(-c2nccnc2C2CNC2)cc1F. The van der Waals surface area contributed by atoms with E-state index in [0.29, 0.717) is 5.92 Å². The van der Waals surface area contributed by atoms with Gasteiger partial charge < -0.3 is 11.1 Å². The van der Waals surface area contributed by atoms with Gasteiger partial charge in [-0.25, -0.2) is 4.39 Å². The van der Waals surface area contributed by atoms with Crippen LogP contribution in [0, 0.1) is 5.82 Å². The molecule has 0 aliphatic carbocycles. The van der Waals surface area contributed by atoms with E-state index in [9.17, 15) is 4.39 Å². The first-order valence-corrected chi connectivity index (χ1v) is 5.82. The fraction of sp³-hybridized carbons (Fsp3) is 0.231. The molecule has 0 amide bonds. The Hall–Kier alpha value is -1.72. The number of anilines is 1. The molecule has 1 aromatic heterocycles. The van der Waals surface area contributed by atoms with Gasteiger partial charge in [0, 0.05) is 37.0 Å². The predicted octanol–water partition coefficient (Wildman–Crippen LogP) is 1.97. The van der Waals surface area contributed by atoms with Gasteiger partial charge in [-0.15, -0.1) is 12.4 Å². The summed E-state index contributed by atoms with van der Waals surface area (Å²) in [5.74, 6) is -0.0647. The molecule has 2 aromatic rings. The number of aromatic nitrogens is 2. The van der Waals surface area contributed by atoms with Gasteiger partial charge in [-0.1, -0.05) is 6.07 Å². The molecule has 0 radical (unpaired) electrons. The Labute approximate surface area is 116 Å². The highest BCUT2D eigenvalue weighted by atomic mass is 35.5. The average molecular weight is 281 g/mol. The van der Waals surface area contributed by atoms with Crippen molar-refractivity contribution >= 4 is 18.1 Å². The summed E-state index contributed by atoms with van der Waals surface area (Å²) in [6.07, 6.45) is 3.30. The summed E-state index contributed by atoms with van der Waals surface area (Å²) >= 11 is 0. The lowest BCUT2D eigenvalue weighted by Gasteiger charge is -2.27. The molecular formula is C13H14ClFN4. The molecular weight excluding hydrogens is 267 g/mol. The Morgan fingerprint density at radius 2 is 1.95 bits per heavy atom. The van der Waals surface area contributed by atoms with Crippen LogP contribution in [0.3, 0.4) is 0 Å². The van der Waals surface area contributed by atoms with Crippen LogP contribution in [0.1, 0.15) is 11.6 Å². The molecule has 100 valence electrons. The van der Waals surface area contributed by atoms with Gasteiger partial charge in [0.25, 0.3) is 0 Å². The van der Waals surface area contributed by atoms with Crippen LogP contribution in [0.15, 0.2) is 30.6 Å². The highest BCUT2D eigenvalue weighted by Gasteiger charge is 2.24. The van der Waals surface area contributed by atoms with E-state index in [1.165, 1.54) is 6.07 Å². The van der Waals surface area contributed by atoms with E-state index in [1.807, 2.05) is 0 Å². The number of benzene rings is 1. The van der Waals surface area contributed by atoms with Crippen molar-refractivity contribution in [2.75, 3.05) is 18.8 Å². The van der Waals surface area contributed by atoms with Crippen LogP contribution in [0.5, 0.6) is 0 Å². The molecule has 0 saturated carbocycles. The molecule has 1 aliphatic rings. The van der Waals surface area contributed by atoms with Crippen molar-refractivity contribution in [2.45, 2.75) is 5.92 Å². The number of hydrogen-bond acceptors (Lipinski definition) is 4. The van der Waals surface area contributed by atoms with Crippen LogP contribution in [-0.2, 0) is 0 Å². The molecule has 3 N–H and O–H groups in total. The second-order valence-corrected chi connectivity index (χ2v) is 4.38. The standard InChI is InChI=1S/C13H13FN4.ClH/c14-10-5-8(1-2-11(10)15)12-13(9-6-16-7-9)18-4-3-17-12;/h1-5,9,16H,6-7,15H2;1H. The van der Waals surface area contributed by atoms with Crippen molar-refractivity contribution in [1.29, 1.82) is 0 Å². The maximum absolute atomic E-state index is 13.5. The van der Waals surface area contributed by atoms with Gasteiger partial charge in [-0.3, -0.25) is 9.97 Å². The number of halogens is 2. The van der Waals surface area contributed by atoms with E-state index in [0.717, 1.165) is 30.0 Å². The van der Waals surface area contributed by atoms with Gasteiger partial charge >= 0.3 is 0 Å². The zero-order valence-electron chi connectivity index (χ0n) is 10.1. The fourth-order valence-corrected chi connectivity index (χ4v) is 2.03. The van der Waals surface area contributed by atoms with Crippen LogP contribution < -0.4 is 11.1 Å². The zero-order valence-corrected chi connectivity index (χ0v) is 11.0. The first-order chi connectivity index (χ1) is 8.75. The molecule has 0 bridgehead atoms. The zero-order chi connectivity index (χ0) is 12.5. The number of rotatable bonds is 2. The lowest BCUT2D eigenvalue weighted by atomic mass is 9.94. The van der Waals surface area contributed by atoms with Crippen molar-refractivity contribution < 1.29 is 4.39 Å². The quantitative estimate of drug-likeness (QED) is 0.826. The van der Waals surface area contributed by atoms with E-state index in [-0.39, 0.29) is 18.1 Å². The van der Waals surface area contributed by atoms with Gasteiger partial charge in [-0.05, 0) is 12.1 Å². The van der Waals surface area contributed by atoms with E-state index in [1.54, 1.807) is 24.5 Å². The lowest BCUT2D eigenvalue weighted by molar-refractivity contribution is 0.439. The van der Waals surface area contributed by atoms with Crippen molar-refractivity contribution in [1.82, 2.24) is 15.3 Å². The minimum absolute atomic E-state index is 0. The molecule has 1 aliphatic heterocycles. The molecule has 1 saturated heterocycles. The third kappa shape index (κ3) is 2.52. The Bertz CT molecular complexity index is 587. The highest BCUT2D eigenvalue weighted by Crippen LogP contribution is 2.29. The first kappa shape index (κ1) is 13.7. The molecule has 19 heavy (non-hydrogen) atoms. The lowest BCUT2D eigenvalue weighted by Crippen LogP contribution is -2.40. The van der Waals surface area contributed by atoms with Crippen LogP contribution >= 0.6 is 12.4 Å². The maximum Gasteiger partial charge on any atom is 0.146 e. The number of nitrogens with one attached hydrogen (secondary N) is 1. The number of hydrogen-bond donors (Lipinski definition) is 2. The minimum Gasteiger partial charge on any atom is -0.396 e. The second-order valence-electron chi connectivity index (χ2n) is 4.38. The van der Waals surface area contributed by atoms with Crippen LogP contribution in [0.2, 0.25) is 0 Å². The van der Waals surface area contributed by atoms with Gasteiger partial charge in [-0.2, -0.15) is 0 Å². The number of nitrogen functional groups attached to an aromatic ring is 1. The normalized spacial score (nSPS) is 14.6. The van der Waals surface area contributed by atoms with E-state index in [2.05, 4.69) is 15.3 Å². The average Bonchev–Trinajstić information content (AvgIpc) is 2.31. The molecule has 0 atom stereocenters. The third-order valence-electron chi connectivity index (χ3n) is 3.17. The molecule has 0 spiro atoms. The minimum atomic E-state index is -0.421. The molecule has 1 aromatic carbocycles. The summed E-state index contributed by atoms with van der Waals surface area (Å²) in [7, 11) is 0. The van der Waals surface area contributed by atoms with Crippen molar-refractivity contribution in [2.24, 2.45) is 0 Å². The summed E-state index contributed by atoms with van der Waals surface area (Å²) in [6.45, 7) is 1.78. The fourth-order valence-electron chi connectivity index (χ4n) is 2.03. The van der Waals surface area contributed by atoms with Crippen LogP contribution in [-0.4, -0.2) is 23.1 Å². The van der Waals surface area contributed by atoms with E-state index < -0.39 is 5.82 Å². The molecule has 2 heterocycles. The van der Waals surface area contributed by atoms with Gasteiger partial charge in [0.1, 0.15) is 5.82 Å². The summed E-state index contributed by atoms with van der Waals surface area (Å²) in [5, 5.41) is 3.20. The van der Waals surface area contributed by atoms with Gasteiger partial charge in [0.15, 0.2) is 0 Å². The van der Waals surface area contributed by atoms with E-state index in [4.69, 9.17) is 5.73 Å². The Morgan fingerprint density at radius 1 is 1.21 bits per heavy atom. The van der Waals surface area contributed by atoms with Gasteiger partial charge in [0.2, 0.25) is 0 Å². The second kappa shape index (κ2) is 5.50. The number of nitrogens with zero attached hydrogens (tertiary/aromatic N) is 2. The molecule has 3 rings (SSSR count). The Balaban J connectivity index is 0.00000133.